The summed E-state index contributed by atoms with van der Waals surface area (Å²) < 4.78 is 0. The van der Waals surface area contributed by atoms with Gasteiger partial charge in [0.1, 0.15) is 5.75 Å². The van der Waals surface area contributed by atoms with Crippen LogP contribution in [-0.2, 0) is 0 Å². The second-order valence-electron chi connectivity index (χ2n) is 4.75. The Morgan fingerprint density at radius 1 is 1.33 bits per heavy atom. The summed E-state index contributed by atoms with van der Waals surface area (Å²) in [5.74, 6) is 0.788. The van der Waals surface area contributed by atoms with Gasteiger partial charge in [-0.15, -0.1) is 12.4 Å². The maximum atomic E-state index is 9.94. The predicted molar refractivity (Wildman–Crippen MR) is 81.3 cm³/mol. The Hall–Kier alpha value is -0.990. The van der Waals surface area contributed by atoms with Crippen molar-refractivity contribution < 1.29 is 5.11 Å². The van der Waals surface area contributed by atoms with Crippen LogP contribution in [0.2, 0.25) is 0 Å². The highest BCUT2D eigenvalue weighted by Crippen LogP contribution is 2.30. The van der Waals surface area contributed by atoms with Crippen molar-refractivity contribution in [1.29, 1.82) is 0 Å². The van der Waals surface area contributed by atoms with Crippen molar-refractivity contribution in [3.63, 3.8) is 0 Å². The largest absolute Gasteiger partial charge is 0.507 e. The van der Waals surface area contributed by atoms with Crippen LogP contribution in [0.15, 0.2) is 30.3 Å². The number of phenolic OH excluding ortho intramolecular Hbond substituents is 1. The average Bonchev–Trinajstić information content (AvgIpc) is 2.26. The third kappa shape index (κ3) is 4.71. The molecule has 0 aliphatic heterocycles. The molecule has 1 N–H and O–H groups in total. The molecular formula is C15H24ClNO. The van der Waals surface area contributed by atoms with Gasteiger partial charge in [-0.05, 0) is 38.1 Å². The second kappa shape index (κ2) is 8.17. The predicted octanol–water partition coefficient (Wildman–Crippen LogP) is 3.81. The Balaban J connectivity index is 0.00000289. The lowest BCUT2D eigenvalue weighted by atomic mass is 9.92. The van der Waals surface area contributed by atoms with E-state index in [1.807, 2.05) is 18.2 Å². The van der Waals surface area contributed by atoms with Gasteiger partial charge in [0.25, 0.3) is 0 Å². The lowest BCUT2D eigenvalue weighted by molar-refractivity contribution is 0.375. The van der Waals surface area contributed by atoms with Crippen LogP contribution in [0.25, 0.3) is 5.57 Å². The van der Waals surface area contributed by atoms with Gasteiger partial charge in [-0.3, -0.25) is 0 Å². The third-order valence-electron chi connectivity index (χ3n) is 2.81. The van der Waals surface area contributed by atoms with Crippen LogP contribution < -0.4 is 0 Å². The fourth-order valence-electron chi connectivity index (χ4n) is 2.16. The second-order valence-corrected chi connectivity index (χ2v) is 4.75. The number of para-hydroxylation sites is 1. The number of benzene rings is 1. The monoisotopic (exact) mass is 269 g/mol. The molecule has 102 valence electrons. The van der Waals surface area contributed by atoms with Gasteiger partial charge in [-0.2, -0.15) is 0 Å². The number of aromatic hydroxyl groups is 1. The number of hydrogen-bond acceptors (Lipinski definition) is 2. The molecule has 0 aromatic heterocycles. The highest BCUT2D eigenvalue weighted by Gasteiger charge is 2.14. The molecule has 2 nitrogen and oxygen atoms in total. The molecule has 18 heavy (non-hydrogen) atoms. The van der Waals surface area contributed by atoms with Crippen LogP contribution in [0.3, 0.4) is 0 Å². The lowest BCUT2D eigenvalue weighted by Crippen LogP contribution is -2.20. The van der Waals surface area contributed by atoms with E-state index >= 15 is 0 Å². The summed E-state index contributed by atoms with van der Waals surface area (Å²) in [6, 6.07) is 7.57. The molecule has 0 saturated heterocycles. The third-order valence-corrected chi connectivity index (χ3v) is 2.81. The minimum atomic E-state index is 0. The van der Waals surface area contributed by atoms with Crippen LogP contribution in [0.5, 0.6) is 5.75 Å². The zero-order chi connectivity index (χ0) is 12.8. The van der Waals surface area contributed by atoms with Gasteiger partial charge in [0.15, 0.2) is 0 Å². The van der Waals surface area contributed by atoms with E-state index < -0.39 is 0 Å². The van der Waals surface area contributed by atoms with E-state index in [1.54, 1.807) is 6.07 Å². The molecular weight excluding hydrogens is 246 g/mol. The standard InChI is InChI=1S/C15H23NO.ClH/c1-5-8-13(12(2)11-16(3)4)14-9-6-7-10-15(14)17;/h6-10,12,17H,5,11H2,1-4H3;1H/b13-8+;. The molecule has 1 aromatic rings. The Kier molecular flexibility index (Phi) is 7.72. The molecule has 0 saturated carbocycles. The molecule has 0 aliphatic carbocycles. The van der Waals surface area contributed by atoms with Gasteiger partial charge >= 0.3 is 0 Å². The maximum Gasteiger partial charge on any atom is 0.123 e. The summed E-state index contributed by atoms with van der Waals surface area (Å²) in [5, 5.41) is 9.94. The summed E-state index contributed by atoms with van der Waals surface area (Å²) in [7, 11) is 4.15. The maximum absolute atomic E-state index is 9.94. The van der Waals surface area contributed by atoms with E-state index in [0.29, 0.717) is 11.7 Å². The van der Waals surface area contributed by atoms with Crippen LogP contribution in [0.4, 0.5) is 0 Å². The van der Waals surface area contributed by atoms with Crippen molar-refractivity contribution in [2.24, 2.45) is 5.92 Å². The summed E-state index contributed by atoms with van der Waals surface area (Å²) in [6.45, 7) is 5.32. The molecule has 1 aromatic carbocycles. The first kappa shape index (κ1) is 17.0. The number of hydrogen-bond donors (Lipinski definition) is 1. The van der Waals surface area contributed by atoms with Gasteiger partial charge in [0, 0.05) is 12.1 Å². The Morgan fingerprint density at radius 2 is 1.94 bits per heavy atom. The topological polar surface area (TPSA) is 23.5 Å². The number of nitrogens with zero attached hydrogens (tertiary/aromatic N) is 1. The zero-order valence-electron chi connectivity index (χ0n) is 11.7. The van der Waals surface area contributed by atoms with Crippen molar-refractivity contribution in [1.82, 2.24) is 4.90 Å². The van der Waals surface area contributed by atoms with E-state index in [2.05, 4.69) is 38.9 Å². The molecule has 0 spiro atoms. The summed E-state index contributed by atoms with van der Waals surface area (Å²) in [6.07, 6.45) is 3.20. The van der Waals surface area contributed by atoms with Crippen LogP contribution in [-0.4, -0.2) is 30.6 Å². The van der Waals surface area contributed by atoms with Gasteiger partial charge in [-0.25, -0.2) is 0 Å². The van der Waals surface area contributed by atoms with Crippen molar-refractivity contribution >= 4 is 18.0 Å². The van der Waals surface area contributed by atoms with E-state index in [1.165, 1.54) is 5.57 Å². The lowest BCUT2D eigenvalue weighted by Gasteiger charge is -2.21. The summed E-state index contributed by atoms with van der Waals surface area (Å²) in [5.41, 5.74) is 2.20. The van der Waals surface area contributed by atoms with E-state index in [9.17, 15) is 5.11 Å². The fourth-order valence-corrected chi connectivity index (χ4v) is 2.16. The molecule has 1 unspecified atom stereocenters. The Bertz CT molecular complexity index is 388. The minimum Gasteiger partial charge on any atom is -0.507 e. The first-order valence-electron chi connectivity index (χ1n) is 6.19. The van der Waals surface area contributed by atoms with Gasteiger partial charge in [0.05, 0.1) is 0 Å². The molecule has 0 heterocycles. The molecule has 0 radical (unpaired) electrons. The highest BCUT2D eigenvalue weighted by molar-refractivity contribution is 5.85. The molecule has 3 heteroatoms. The van der Waals surface area contributed by atoms with Crippen molar-refractivity contribution in [3.05, 3.63) is 35.9 Å². The van der Waals surface area contributed by atoms with Gasteiger partial charge in [-0.1, -0.05) is 38.1 Å². The van der Waals surface area contributed by atoms with Gasteiger partial charge in [0.2, 0.25) is 0 Å². The normalized spacial score (nSPS) is 13.3. The molecule has 0 bridgehead atoms. The van der Waals surface area contributed by atoms with Crippen molar-refractivity contribution in [3.8, 4) is 5.75 Å². The van der Waals surface area contributed by atoms with Crippen molar-refractivity contribution in [2.75, 3.05) is 20.6 Å². The molecule has 0 amide bonds. The summed E-state index contributed by atoms with van der Waals surface area (Å²) in [4.78, 5) is 2.17. The molecule has 0 fully saturated rings. The number of phenols is 1. The van der Waals surface area contributed by atoms with Crippen LogP contribution >= 0.6 is 12.4 Å². The van der Waals surface area contributed by atoms with Crippen molar-refractivity contribution in [2.45, 2.75) is 20.3 Å². The number of rotatable bonds is 5. The van der Waals surface area contributed by atoms with E-state index in [0.717, 1.165) is 18.5 Å². The Labute approximate surface area is 117 Å². The quantitative estimate of drug-likeness (QED) is 0.879. The molecule has 0 aliphatic rings. The van der Waals surface area contributed by atoms with E-state index in [4.69, 9.17) is 0 Å². The smallest absolute Gasteiger partial charge is 0.123 e. The molecule has 1 rings (SSSR count). The first-order valence-corrected chi connectivity index (χ1v) is 6.19. The average molecular weight is 270 g/mol. The zero-order valence-corrected chi connectivity index (χ0v) is 12.5. The SMILES string of the molecule is CC/C=C(/c1ccccc1O)C(C)CN(C)C.Cl. The molecule has 1 atom stereocenters. The highest BCUT2D eigenvalue weighted by atomic mass is 35.5. The van der Waals surface area contributed by atoms with Crippen LogP contribution in [0, 0.1) is 5.92 Å². The number of allylic oxidation sites excluding steroid dienone is 1. The fraction of sp³-hybridized carbons (Fsp3) is 0.467. The minimum absolute atomic E-state index is 0. The van der Waals surface area contributed by atoms with E-state index in [-0.39, 0.29) is 12.4 Å². The number of halogens is 1. The Morgan fingerprint density at radius 3 is 2.44 bits per heavy atom. The van der Waals surface area contributed by atoms with Crippen LogP contribution in [0.1, 0.15) is 25.8 Å². The first-order chi connectivity index (χ1) is 8.06. The van der Waals surface area contributed by atoms with Gasteiger partial charge < -0.3 is 10.0 Å². The summed E-state index contributed by atoms with van der Waals surface area (Å²) >= 11 is 0.